The van der Waals surface area contributed by atoms with Crippen LogP contribution in [0, 0.1) is 18.3 Å². The highest BCUT2D eigenvalue weighted by molar-refractivity contribution is 6.04. The normalized spacial score (nSPS) is 11.3. The quantitative estimate of drug-likeness (QED) is 0.353. The molecule has 4 rings (SSSR count). The van der Waals surface area contributed by atoms with Gasteiger partial charge in [0.25, 0.3) is 5.91 Å². The molecule has 0 aliphatic rings. The molecule has 1 heterocycles. The Kier molecular flexibility index (Phi) is 5.96. The number of amides is 1. The van der Waals surface area contributed by atoms with Gasteiger partial charge in [-0.2, -0.15) is 5.26 Å². The lowest BCUT2D eigenvalue weighted by Gasteiger charge is -2.08. The van der Waals surface area contributed by atoms with E-state index in [4.69, 9.17) is 0 Å². The van der Waals surface area contributed by atoms with E-state index in [1.165, 1.54) is 11.1 Å². The van der Waals surface area contributed by atoms with Gasteiger partial charge in [0.05, 0.1) is 0 Å². The number of nitrogens with one attached hydrogen (secondary N) is 1. The fourth-order valence-corrected chi connectivity index (χ4v) is 3.67. The second-order valence-electron chi connectivity index (χ2n) is 7.49. The number of hydrogen-bond acceptors (Lipinski definition) is 2. The van der Waals surface area contributed by atoms with Crippen molar-refractivity contribution in [1.29, 1.82) is 5.26 Å². The maximum absolute atomic E-state index is 12.6. The van der Waals surface area contributed by atoms with Crippen molar-refractivity contribution in [2.75, 3.05) is 0 Å². The van der Waals surface area contributed by atoms with Crippen LogP contribution in [-0.2, 0) is 17.9 Å². The number of carbonyl (C=O) groups excluding carboxylic acids is 1. The Morgan fingerprint density at radius 1 is 1.00 bits per heavy atom. The van der Waals surface area contributed by atoms with Crippen molar-refractivity contribution < 1.29 is 4.79 Å². The second kappa shape index (κ2) is 9.15. The minimum absolute atomic E-state index is 0.0923. The molecule has 1 amide bonds. The van der Waals surface area contributed by atoms with Gasteiger partial charge < -0.3 is 9.88 Å². The third kappa shape index (κ3) is 4.57. The Hall–Kier alpha value is -4.10. The first-order valence-electron chi connectivity index (χ1n) is 10.2. The lowest BCUT2D eigenvalue weighted by molar-refractivity contribution is -0.117. The Labute approximate surface area is 182 Å². The van der Waals surface area contributed by atoms with Crippen molar-refractivity contribution >= 4 is 22.9 Å². The number of para-hydroxylation sites is 1. The highest BCUT2D eigenvalue weighted by Gasteiger charge is 2.13. The number of aryl methyl sites for hydroxylation is 1. The van der Waals surface area contributed by atoms with Gasteiger partial charge in [0.2, 0.25) is 0 Å². The predicted octanol–water partition coefficient (Wildman–Crippen LogP) is 5.22. The second-order valence-corrected chi connectivity index (χ2v) is 7.49. The number of hydrogen-bond donors (Lipinski definition) is 1. The summed E-state index contributed by atoms with van der Waals surface area (Å²) in [5.74, 6) is -0.373. The van der Waals surface area contributed by atoms with Crippen molar-refractivity contribution in [3.8, 4) is 6.07 Å². The van der Waals surface area contributed by atoms with Crippen molar-refractivity contribution in [2.45, 2.75) is 20.0 Å². The molecule has 0 aliphatic carbocycles. The van der Waals surface area contributed by atoms with Crippen LogP contribution in [0.4, 0.5) is 0 Å². The number of carbonyl (C=O) groups is 1. The molecule has 0 saturated heterocycles. The topological polar surface area (TPSA) is 57.8 Å². The average Bonchev–Trinajstić information content (AvgIpc) is 3.15. The molecule has 4 heteroatoms. The molecule has 4 aromatic rings. The van der Waals surface area contributed by atoms with Crippen LogP contribution in [-0.4, -0.2) is 10.5 Å². The van der Waals surface area contributed by atoms with Gasteiger partial charge in [0.15, 0.2) is 0 Å². The average molecular weight is 406 g/mol. The molecule has 0 radical (unpaired) electrons. The van der Waals surface area contributed by atoms with Crippen LogP contribution in [0.2, 0.25) is 0 Å². The van der Waals surface area contributed by atoms with Gasteiger partial charge >= 0.3 is 0 Å². The van der Waals surface area contributed by atoms with Gasteiger partial charge in [-0.1, -0.05) is 72.8 Å². The number of benzene rings is 3. The molecule has 0 unspecified atom stereocenters. The Morgan fingerprint density at radius 3 is 2.48 bits per heavy atom. The van der Waals surface area contributed by atoms with Crippen LogP contribution in [0.3, 0.4) is 0 Å². The molecular weight excluding hydrogens is 382 g/mol. The summed E-state index contributed by atoms with van der Waals surface area (Å²) in [4.78, 5) is 12.6. The molecule has 0 bridgehead atoms. The third-order valence-corrected chi connectivity index (χ3v) is 5.38. The van der Waals surface area contributed by atoms with E-state index in [1.807, 2.05) is 66.9 Å². The van der Waals surface area contributed by atoms with Crippen LogP contribution in [0.25, 0.3) is 17.0 Å². The largest absolute Gasteiger partial charge is 0.347 e. The summed E-state index contributed by atoms with van der Waals surface area (Å²) in [5, 5.41) is 13.5. The van der Waals surface area contributed by atoms with Crippen molar-refractivity contribution in [2.24, 2.45) is 0 Å². The van der Waals surface area contributed by atoms with Gasteiger partial charge in [0.1, 0.15) is 11.6 Å². The number of nitrogens with zero attached hydrogens (tertiary/aromatic N) is 2. The summed E-state index contributed by atoms with van der Waals surface area (Å²) in [5.41, 5.74) is 5.47. The molecule has 0 saturated carbocycles. The first kappa shape index (κ1) is 20.2. The Morgan fingerprint density at radius 2 is 1.71 bits per heavy atom. The van der Waals surface area contributed by atoms with Gasteiger partial charge in [-0.15, -0.1) is 0 Å². The summed E-state index contributed by atoms with van der Waals surface area (Å²) >= 11 is 0. The maximum Gasteiger partial charge on any atom is 0.262 e. The monoisotopic (exact) mass is 405 g/mol. The Balaban J connectivity index is 1.63. The molecule has 1 N–H and O–H groups in total. The van der Waals surface area contributed by atoms with E-state index in [9.17, 15) is 10.1 Å². The third-order valence-electron chi connectivity index (χ3n) is 5.38. The molecule has 152 valence electrons. The van der Waals surface area contributed by atoms with Crippen molar-refractivity contribution in [1.82, 2.24) is 9.88 Å². The molecule has 0 atom stereocenters. The molecule has 0 spiro atoms. The van der Waals surface area contributed by atoms with E-state index in [2.05, 4.69) is 41.1 Å². The van der Waals surface area contributed by atoms with Crippen LogP contribution >= 0.6 is 0 Å². The summed E-state index contributed by atoms with van der Waals surface area (Å²) in [6.07, 6.45) is 3.69. The van der Waals surface area contributed by atoms with E-state index in [-0.39, 0.29) is 11.5 Å². The number of rotatable bonds is 6. The summed E-state index contributed by atoms with van der Waals surface area (Å²) in [6, 6.07) is 28.1. The molecule has 0 fully saturated rings. The first-order chi connectivity index (χ1) is 15.2. The zero-order valence-electron chi connectivity index (χ0n) is 17.4. The fourth-order valence-electron chi connectivity index (χ4n) is 3.67. The number of aromatic nitrogens is 1. The van der Waals surface area contributed by atoms with E-state index in [1.54, 1.807) is 6.08 Å². The first-order valence-corrected chi connectivity index (χ1v) is 10.2. The highest BCUT2D eigenvalue weighted by Crippen LogP contribution is 2.25. The fraction of sp³-hybridized carbons (Fsp3) is 0.111. The number of nitriles is 1. The molecule has 4 nitrogen and oxygen atoms in total. The van der Waals surface area contributed by atoms with E-state index < -0.39 is 0 Å². The van der Waals surface area contributed by atoms with Gasteiger partial charge in [-0.25, -0.2) is 0 Å². The van der Waals surface area contributed by atoms with Crippen LogP contribution in [0.15, 0.2) is 90.6 Å². The SMILES string of the molecule is Cc1ccccc1Cn1cc(/C=C(\C#N)C(=O)NCc2ccccc2)c2ccccc21. The Bertz CT molecular complexity index is 1290. The van der Waals surface area contributed by atoms with Crippen LogP contribution < -0.4 is 5.32 Å². The van der Waals surface area contributed by atoms with E-state index in [0.29, 0.717) is 6.54 Å². The molecule has 1 aromatic heterocycles. The van der Waals surface area contributed by atoms with Crippen molar-refractivity contribution in [3.63, 3.8) is 0 Å². The lowest BCUT2D eigenvalue weighted by Crippen LogP contribution is -2.23. The molecule has 31 heavy (non-hydrogen) atoms. The van der Waals surface area contributed by atoms with Gasteiger partial charge in [0, 0.05) is 35.8 Å². The summed E-state index contributed by atoms with van der Waals surface area (Å²) < 4.78 is 2.17. The predicted molar refractivity (Wildman–Crippen MR) is 124 cm³/mol. The van der Waals surface area contributed by atoms with Crippen LogP contribution in [0.1, 0.15) is 22.3 Å². The zero-order chi connectivity index (χ0) is 21.6. The molecule has 3 aromatic carbocycles. The minimum atomic E-state index is -0.373. The lowest BCUT2D eigenvalue weighted by atomic mass is 10.1. The summed E-state index contributed by atoms with van der Waals surface area (Å²) in [7, 11) is 0. The van der Waals surface area contributed by atoms with E-state index in [0.717, 1.165) is 28.6 Å². The van der Waals surface area contributed by atoms with E-state index >= 15 is 0 Å². The van der Waals surface area contributed by atoms with Crippen LogP contribution in [0.5, 0.6) is 0 Å². The smallest absolute Gasteiger partial charge is 0.262 e. The standard InChI is InChI=1S/C27H23N3O/c1-20-9-5-6-12-22(20)18-30-19-24(25-13-7-8-14-26(25)30)15-23(16-28)27(31)29-17-21-10-3-2-4-11-21/h2-15,19H,17-18H2,1H3,(H,29,31)/b23-15+. The highest BCUT2D eigenvalue weighted by atomic mass is 16.1. The zero-order valence-corrected chi connectivity index (χ0v) is 17.4. The van der Waals surface area contributed by atoms with Gasteiger partial charge in [-0.3, -0.25) is 4.79 Å². The van der Waals surface area contributed by atoms with Gasteiger partial charge in [-0.05, 0) is 35.8 Å². The summed E-state index contributed by atoms with van der Waals surface area (Å²) in [6.45, 7) is 3.21. The number of fused-ring (bicyclic) bond motifs is 1. The molecular formula is C27H23N3O. The molecule has 0 aliphatic heterocycles. The maximum atomic E-state index is 12.6. The van der Waals surface area contributed by atoms with Crippen molar-refractivity contribution in [3.05, 3.63) is 113 Å². The minimum Gasteiger partial charge on any atom is -0.347 e.